The van der Waals surface area contributed by atoms with Crippen molar-refractivity contribution in [1.82, 2.24) is 8.87 Å². The van der Waals surface area contributed by atoms with E-state index in [1.165, 1.54) is 39.9 Å². The second kappa shape index (κ2) is 9.94. The Morgan fingerprint density at radius 1 is 1.22 bits per heavy atom. The number of thiazole rings is 1. The Kier molecular flexibility index (Phi) is 7.48. The van der Waals surface area contributed by atoms with Gasteiger partial charge in [0.1, 0.15) is 0 Å². The van der Waals surface area contributed by atoms with Crippen LogP contribution in [0, 0.1) is 13.8 Å². The zero-order valence-corrected chi connectivity index (χ0v) is 20.6. The van der Waals surface area contributed by atoms with Gasteiger partial charge in [-0.1, -0.05) is 36.8 Å². The zero-order chi connectivity index (χ0) is 23.5. The fourth-order valence-corrected chi connectivity index (χ4v) is 6.00. The molecule has 1 aromatic heterocycles. The van der Waals surface area contributed by atoms with Crippen LogP contribution < -0.4 is 4.80 Å². The van der Waals surface area contributed by atoms with E-state index in [9.17, 15) is 13.2 Å². The molecule has 32 heavy (non-hydrogen) atoms. The number of carbonyl (C=O) groups is 1. The predicted molar refractivity (Wildman–Crippen MR) is 131 cm³/mol. The van der Waals surface area contributed by atoms with Gasteiger partial charge in [0.15, 0.2) is 4.80 Å². The number of aryl methyl sites for hydroxylation is 2. The Bertz CT molecular complexity index is 1320. The summed E-state index contributed by atoms with van der Waals surface area (Å²) in [4.78, 5) is 18.0. The number of fused-ring (bicyclic) bond motifs is 1. The first kappa shape index (κ1) is 24.1. The molecular weight excluding hydrogens is 442 g/mol. The van der Waals surface area contributed by atoms with E-state index in [1.54, 1.807) is 13.1 Å². The molecule has 6 nitrogen and oxygen atoms in total. The van der Waals surface area contributed by atoms with Crippen LogP contribution in [0.15, 0.2) is 58.9 Å². The molecule has 0 aliphatic carbocycles. The summed E-state index contributed by atoms with van der Waals surface area (Å²) in [6.07, 6.45) is 3.49. The topological polar surface area (TPSA) is 71.7 Å². The third kappa shape index (κ3) is 4.92. The molecule has 8 heteroatoms. The number of allylic oxidation sites excluding steroid dienone is 1. The van der Waals surface area contributed by atoms with Crippen LogP contribution in [0.4, 0.5) is 0 Å². The van der Waals surface area contributed by atoms with Crippen LogP contribution >= 0.6 is 11.3 Å². The minimum Gasteiger partial charge on any atom is -0.312 e. The highest BCUT2D eigenvalue weighted by Gasteiger charge is 2.20. The van der Waals surface area contributed by atoms with Crippen LogP contribution in [0.2, 0.25) is 0 Å². The van der Waals surface area contributed by atoms with Crippen LogP contribution in [0.1, 0.15) is 41.3 Å². The number of sulfonamides is 1. The predicted octanol–water partition coefficient (Wildman–Crippen LogP) is 4.67. The fraction of sp³-hybridized carbons (Fsp3) is 0.333. The summed E-state index contributed by atoms with van der Waals surface area (Å²) < 4.78 is 29.8. The summed E-state index contributed by atoms with van der Waals surface area (Å²) >= 11 is 1.46. The van der Waals surface area contributed by atoms with Crippen LogP contribution in [0.3, 0.4) is 0 Å². The highest BCUT2D eigenvalue weighted by Crippen LogP contribution is 2.23. The molecule has 0 fully saturated rings. The Morgan fingerprint density at radius 2 is 1.91 bits per heavy atom. The van der Waals surface area contributed by atoms with Crippen LogP contribution in [-0.4, -0.2) is 36.8 Å². The number of benzene rings is 2. The maximum atomic E-state index is 12.9. The first-order valence-electron chi connectivity index (χ1n) is 10.6. The van der Waals surface area contributed by atoms with Crippen molar-refractivity contribution in [2.75, 3.05) is 13.6 Å². The van der Waals surface area contributed by atoms with E-state index < -0.39 is 15.9 Å². The molecule has 3 aromatic rings. The van der Waals surface area contributed by atoms with Crippen molar-refractivity contribution in [1.29, 1.82) is 0 Å². The molecule has 0 aliphatic rings. The van der Waals surface area contributed by atoms with Crippen molar-refractivity contribution in [3.63, 3.8) is 0 Å². The lowest BCUT2D eigenvalue weighted by Crippen LogP contribution is -2.27. The third-order valence-corrected chi connectivity index (χ3v) is 8.15. The molecule has 0 bridgehead atoms. The van der Waals surface area contributed by atoms with E-state index in [0.29, 0.717) is 23.5 Å². The molecule has 0 unspecified atom stereocenters. The summed E-state index contributed by atoms with van der Waals surface area (Å²) in [6.45, 7) is 10.9. The zero-order valence-electron chi connectivity index (χ0n) is 19.0. The molecule has 0 saturated heterocycles. The molecule has 0 atom stereocenters. The average Bonchev–Trinajstić information content (AvgIpc) is 3.09. The van der Waals surface area contributed by atoms with E-state index >= 15 is 0 Å². The second-order valence-corrected chi connectivity index (χ2v) is 10.9. The van der Waals surface area contributed by atoms with Crippen molar-refractivity contribution < 1.29 is 13.2 Å². The first-order valence-corrected chi connectivity index (χ1v) is 12.8. The third-order valence-electron chi connectivity index (χ3n) is 5.26. The Morgan fingerprint density at radius 3 is 2.53 bits per heavy atom. The number of carbonyl (C=O) groups excluding carboxylic acids is 1. The SMILES string of the molecule is C=CCn1c(=NC(=O)c2ccc(S(=O)(=O)N(C)CCCC)cc2)sc2cc(C)cc(C)c21. The minimum absolute atomic E-state index is 0.169. The average molecular weight is 472 g/mol. The lowest BCUT2D eigenvalue weighted by Gasteiger charge is -2.16. The van der Waals surface area contributed by atoms with E-state index in [4.69, 9.17) is 0 Å². The van der Waals surface area contributed by atoms with Gasteiger partial charge in [0.25, 0.3) is 5.91 Å². The van der Waals surface area contributed by atoms with E-state index in [2.05, 4.69) is 23.7 Å². The summed E-state index contributed by atoms with van der Waals surface area (Å²) in [5, 5.41) is 0. The molecule has 0 radical (unpaired) electrons. The quantitative estimate of drug-likeness (QED) is 0.448. The van der Waals surface area contributed by atoms with Gasteiger partial charge in [0.2, 0.25) is 10.0 Å². The van der Waals surface area contributed by atoms with E-state index in [0.717, 1.165) is 34.2 Å². The van der Waals surface area contributed by atoms with Crippen molar-refractivity contribution in [3.05, 3.63) is 70.5 Å². The molecule has 1 heterocycles. The smallest absolute Gasteiger partial charge is 0.279 e. The summed E-state index contributed by atoms with van der Waals surface area (Å²) in [5.41, 5.74) is 3.66. The van der Waals surface area contributed by atoms with Gasteiger partial charge in [0, 0.05) is 25.7 Å². The van der Waals surface area contributed by atoms with Crippen molar-refractivity contribution in [2.45, 2.75) is 45.1 Å². The molecule has 2 aromatic carbocycles. The molecule has 3 rings (SSSR count). The number of nitrogens with zero attached hydrogens (tertiary/aromatic N) is 3. The highest BCUT2D eigenvalue weighted by molar-refractivity contribution is 7.89. The van der Waals surface area contributed by atoms with Gasteiger partial charge < -0.3 is 4.57 Å². The first-order chi connectivity index (χ1) is 15.2. The van der Waals surface area contributed by atoms with Crippen molar-refractivity contribution in [2.24, 2.45) is 4.99 Å². The Hall–Kier alpha value is -2.55. The van der Waals surface area contributed by atoms with Crippen LogP contribution in [0.25, 0.3) is 10.2 Å². The van der Waals surface area contributed by atoms with E-state index in [-0.39, 0.29) is 4.90 Å². The van der Waals surface area contributed by atoms with Gasteiger partial charge >= 0.3 is 0 Å². The van der Waals surface area contributed by atoms with Gasteiger partial charge in [-0.3, -0.25) is 4.79 Å². The van der Waals surface area contributed by atoms with Gasteiger partial charge in [-0.2, -0.15) is 4.99 Å². The van der Waals surface area contributed by atoms with Crippen LogP contribution in [0.5, 0.6) is 0 Å². The molecule has 0 spiro atoms. The Labute approximate surface area is 193 Å². The maximum Gasteiger partial charge on any atom is 0.279 e. The van der Waals surface area contributed by atoms with Gasteiger partial charge in [-0.15, -0.1) is 6.58 Å². The minimum atomic E-state index is -3.57. The number of aromatic nitrogens is 1. The summed E-state index contributed by atoms with van der Waals surface area (Å²) in [7, 11) is -2.00. The summed E-state index contributed by atoms with van der Waals surface area (Å²) in [5.74, 6) is -0.410. The molecule has 0 saturated carbocycles. The number of unbranched alkanes of at least 4 members (excludes halogenated alkanes) is 1. The number of hydrogen-bond donors (Lipinski definition) is 0. The van der Waals surface area contributed by atoms with Gasteiger partial charge in [-0.25, -0.2) is 12.7 Å². The number of amides is 1. The normalized spacial score (nSPS) is 12.6. The molecule has 1 amide bonds. The Balaban J connectivity index is 1.97. The van der Waals surface area contributed by atoms with Gasteiger partial charge in [0.05, 0.1) is 15.1 Å². The second-order valence-electron chi connectivity index (χ2n) is 7.83. The standard InChI is InChI=1S/C24H29N3O3S2/c1-6-8-14-26(5)32(29,30)20-11-9-19(10-12-20)23(28)25-24-27(13-7-2)22-18(4)15-17(3)16-21(22)31-24/h7,9-12,15-16H,2,6,8,13-14H2,1,3-5H3. The monoisotopic (exact) mass is 471 g/mol. The molecule has 0 N–H and O–H groups in total. The fourth-order valence-electron chi connectivity index (χ4n) is 3.58. The molecule has 170 valence electrons. The largest absolute Gasteiger partial charge is 0.312 e. The summed E-state index contributed by atoms with van der Waals surface area (Å²) in [6, 6.07) is 10.2. The van der Waals surface area contributed by atoms with Crippen molar-refractivity contribution >= 4 is 37.5 Å². The number of rotatable bonds is 8. The maximum absolute atomic E-state index is 12.9. The lowest BCUT2D eigenvalue weighted by atomic mass is 10.1. The molecular formula is C24H29N3O3S2. The molecule has 0 aliphatic heterocycles. The highest BCUT2D eigenvalue weighted by atomic mass is 32.2. The van der Waals surface area contributed by atoms with Gasteiger partial charge in [-0.05, 0) is 61.7 Å². The van der Waals surface area contributed by atoms with E-state index in [1.807, 2.05) is 25.3 Å². The van der Waals surface area contributed by atoms with Crippen LogP contribution in [-0.2, 0) is 16.6 Å². The van der Waals surface area contributed by atoms with Crippen molar-refractivity contribution in [3.8, 4) is 0 Å². The number of hydrogen-bond acceptors (Lipinski definition) is 4. The lowest BCUT2D eigenvalue weighted by molar-refractivity contribution is 0.0997.